The topological polar surface area (TPSA) is 9.23 Å². The van der Waals surface area contributed by atoms with Gasteiger partial charge in [-0.1, -0.05) is 88.5 Å². The van der Waals surface area contributed by atoms with Gasteiger partial charge in [0.2, 0.25) is 0 Å². The molecule has 0 saturated heterocycles. The Labute approximate surface area is 190 Å². The zero-order valence-electron chi connectivity index (χ0n) is 19.7. The number of ether oxygens (including phenoxy) is 1. The van der Waals surface area contributed by atoms with Gasteiger partial charge in [0.1, 0.15) is 5.75 Å². The smallest absolute Gasteiger partial charge is 0.119 e. The molecule has 0 N–H and O–H groups in total. The molecule has 166 valence electrons. The van der Waals surface area contributed by atoms with Crippen LogP contribution < -0.4 is 4.74 Å². The molecule has 0 amide bonds. The van der Waals surface area contributed by atoms with E-state index in [1.165, 1.54) is 75.3 Å². The summed E-state index contributed by atoms with van der Waals surface area (Å²) < 4.78 is 5.82. The fourth-order valence-corrected chi connectivity index (χ4v) is 4.50. The molecule has 0 aliphatic heterocycles. The van der Waals surface area contributed by atoms with E-state index in [0.717, 1.165) is 30.3 Å². The largest absolute Gasteiger partial charge is 0.494 e. The Morgan fingerprint density at radius 3 is 2.00 bits per heavy atom. The van der Waals surface area contributed by atoms with Gasteiger partial charge in [-0.15, -0.1) is 0 Å². The zero-order valence-corrected chi connectivity index (χ0v) is 19.7. The molecular weight excluding hydrogens is 376 g/mol. The molecule has 0 aromatic heterocycles. The Hall–Kier alpha value is -2.20. The number of rotatable bonds is 10. The van der Waals surface area contributed by atoms with Crippen LogP contribution in [0.3, 0.4) is 0 Å². The lowest BCUT2D eigenvalue weighted by Gasteiger charge is -2.25. The van der Waals surface area contributed by atoms with Crippen molar-refractivity contribution < 1.29 is 4.74 Å². The number of benzene rings is 2. The van der Waals surface area contributed by atoms with Gasteiger partial charge < -0.3 is 4.74 Å². The number of hydrogen-bond donors (Lipinski definition) is 0. The summed E-state index contributed by atoms with van der Waals surface area (Å²) >= 11 is 0. The van der Waals surface area contributed by atoms with Gasteiger partial charge in [0.05, 0.1) is 6.61 Å². The average molecular weight is 417 g/mol. The van der Waals surface area contributed by atoms with E-state index in [9.17, 15) is 0 Å². The zero-order chi connectivity index (χ0) is 21.7. The van der Waals surface area contributed by atoms with Gasteiger partial charge in [0, 0.05) is 11.5 Å². The van der Waals surface area contributed by atoms with Crippen molar-refractivity contribution in [3.05, 3.63) is 54.1 Å². The van der Waals surface area contributed by atoms with E-state index in [2.05, 4.69) is 74.2 Å². The van der Waals surface area contributed by atoms with Crippen LogP contribution in [0.2, 0.25) is 0 Å². The van der Waals surface area contributed by atoms with Crippen LogP contribution in [0.5, 0.6) is 5.75 Å². The maximum Gasteiger partial charge on any atom is 0.119 e. The fraction of sp³-hybridized carbons (Fsp3) is 0.533. The van der Waals surface area contributed by atoms with Crippen molar-refractivity contribution >= 4 is 0 Å². The minimum atomic E-state index is 0.590. The third-order valence-electron chi connectivity index (χ3n) is 6.57. The predicted molar refractivity (Wildman–Crippen MR) is 133 cm³/mol. The Morgan fingerprint density at radius 2 is 1.35 bits per heavy atom. The van der Waals surface area contributed by atoms with E-state index >= 15 is 0 Å². The highest BCUT2D eigenvalue weighted by atomic mass is 16.5. The Bertz CT molecular complexity index is 798. The van der Waals surface area contributed by atoms with Crippen LogP contribution in [0.25, 0.3) is 11.1 Å². The van der Waals surface area contributed by atoms with Crippen molar-refractivity contribution in [3.8, 4) is 28.7 Å². The monoisotopic (exact) mass is 416 g/mol. The molecule has 1 nitrogen and oxygen atoms in total. The highest BCUT2D eigenvalue weighted by Crippen LogP contribution is 2.31. The second-order valence-corrected chi connectivity index (χ2v) is 9.14. The van der Waals surface area contributed by atoms with E-state index in [1.54, 1.807) is 0 Å². The molecule has 31 heavy (non-hydrogen) atoms. The second-order valence-electron chi connectivity index (χ2n) is 9.14. The molecule has 1 heteroatoms. The molecule has 2 aromatic carbocycles. The van der Waals surface area contributed by atoms with Crippen molar-refractivity contribution in [1.82, 2.24) is 0 Å². The number of unbranched alkanes of at least 4 members (excludes halogenated alkanes) is 4. The maximum absolute atomic E-state index is 5.82. The molecule has 1 aliphatic carbocycles. The molecule has 1 fully saturated rings. The molecule has 1 aliphatic rings. The molecule has 0 atom stereocenters. The average Bonchev–Trinajstić information content (AvgIpc) is 2.82. The molecule has 0 spiro atoms. The molecule has 3 rings (SSSR count). The van der Waals surface area contributed by atoms with Crippen molar-refractivity contribution in [2.75, 3.05) is 6.61 Å². The highest BCUT2D eigenvalue weighted by molar-refractivity contribution is 5.65. The van der Waals surface area contributed by atoms with E-state index in [-0.39, 0.29) is 0 Å². The van der Waals surface area contributed by atoms with Crippen molar-refractivity contribution in [2.45, 2.75) is 84.5 Å². The summed E-state index contributed by atoms with van der Waals surface area (Å²) in [5.74, 6) is 9.49. The summed E-state index contributed by atoms with van der Waals surface area (Å²) in [4.78, 5) is 0. The summed E-state index contributed by atoms with van der Waals surface area (Å²) in [6.07, 6.45) is 14.5. The van der Waals surface area contributed by atoms with Crippen LogP contribution in [0, 0.1) is 23.7 Å². The van der Waals surface area contributed by atoms with Crippen molar-refractivity contribution in [3.63, 3.8) is 0 Å². The molecule has 1 saturated carbocycles. The minimum Gasteiger partial charge on any atom is -0.494 e. The van der Waals surface area contributed by atoms with Crippen molar-refractivity contribution in [1.29, 1.82) is 0 Å². The minimum absolute atomic E-state index is 0.590. The van der Waals surface area contributed by atoms with Crippen LogP contribution in [0.15, 0.2) is 48.5 Å². The molecule has 0 radical (unpaired) electrons. The lowest BCUT2D eigenvalue weighted by molar-refractivity contribution is 0.294. The van der Waals surface area contributed by atoms with Gasteiger partial charge in [-0.05, 0) is 73.4 Å². The quantitative estimate of drug-likeness (QED) is 0.278. The first-order valence-corrected chi connectivity index (χ1v) is 12.6. The second kappa shape index (κ2) is 13.3. The van der Waals surface area contributed by atoms with Crippen LogP contribution in [-0.2, 0) is 0 Å². The maximum atomic E-state index is 5.82. The van der Waals surface area contributed by atoms with E-state index in [4.69, 9.17) is 4.74 Å². The normalized spacial score (nSPS) is 18.3. The Balaban J connectivity index is 1.47. The first-order chi connectivity index (χ1) is 15.3. The lowest BCUT2D eigenvalue weighted by Crippen LogP contribution is -2.13. The predicted octanol–water partition coefficient (Wildman–Crippen LogP) is 8.66. The molecule has 0 unspecified atom stereocenters. The van der Waals surface area contributed by atoms with Gasteiger partial charge >= 0.3 is 0 Å². The fourth-order valence-electron chi connectivity index (χ4n) is 4.50. The lowest BCUT2D eigenvalue weighted by atomic mass is 9.80. The van der Waals surface area contributed by atoms with Crippen LogP contribution in [0.1, 0.15) is 90.0 Å². The Kier molecular flexibility index (Phi) is 10.0. The summed E-state index contributed by atoms with van der Waals surface area (Å²) in [7, 11) is 0. The van der Waals surface area contributed by atoms with E-state index in [1.807, 2.05) is 0 Å². The molecular formula is C30H40O. The standard InChI is InChI=1S/C30H40O/c1-3-5-7-9-25-10-12-26(13-11-25)14-15-27-16-18-28(19-17-27)29-20-22-30(23-21-29)31-24-8-6-4-2/h16-23,25-26H,3-13,24H2,1-2H3/t25-,26-. The van der Waals surface area contributed by atoms with E-state index in [0.29, 0.717) is 5.92 Å². The van der Waals surface area contributed by atoms with E-state index < -0.39 is 0 Å². The first kappa shape index (κ1) is 23.5. The van der Waals surface area contributed by atoms with Gasteiger partial charge in [-0.25, -0.2) is 0 Å². The SMILES string of the molecule is CCCCCOc1ccc(-c2ccc(C#C[C@H]3CC[C@H](CCCCC)CC3)cc2)cc1. The molecule has 0 heterocycles. The van der Waals surface area contributed by atoms with Gasteiger partial charge in [-0.2, -0.15) is 0 Å². The molecule has 2 aromatic rings. The molecule has 0 bridgehead atoms. The van der Waals surface area contributed by atoms with Crippen molar-refractivity contribution in [2.24, 2.45) is 11.8 Å². The highest BCUT2D eigenvalue weighted by Gasteiger charge is 2.19. The third-order valence-corrected chi connectivity index (χ3v) is 6.57. The van der Waals surface area contributed by atoms with Crippen LogP contribution in [0.4, 0.5) is 0 Å². The van der Waals surface area contributed by atoms with Crippen LogP contribution >= 0.6 is 0 Å². The van der Waals surface area contributed by atoms with Gasteiger partial charge in [0.25, 0.3) is 0 Å². The summed E-state index contributed by atoms with van der Waals surface area (Å²) in [6, 6.07) is 17.1. The van der Waals surface area contributed by atoms with Crippen LogP contribution in [-0.4, -0.2) is 6.61 Å². The van der Waals surface area contributed by atoms with Gasteiger partial charge in [-0.3, -0.25) is 0 Å². The summed E-state index contributed by atoms with van der Waals surface area (Å²) in [5, 5.41) is 0. The first-order valence-electron chi connectivity index (χ1n) is 12.6. The Morgan fingerprint density at radius 1 is 0.742 bits per heavy atom. The van der Waals surface area contributed by atoms with Gasteiger partial charge in [0.15, 0.2) is 0 Å². The number of hydrogen-bond acceptors (Lipinski definition) is 1. The summed E-state index contributed by atoms with van der Waals surface area (Å²) in [6.45, 7) is 5.31. The summed E-state index contributed by atoms with van der Waals surface area (Å²) in [5.41, 5.74) is 3.59. The third kappa shape index (κ3) is 8.10.